The van der Waals surface area contributed by atoms with Crippen molar-refractivity contribution in [1.82, 2.24) is 4.90 Å². The molecule has 116 valence electrons. The van der Waals surface area contributed by atoms with E-state index in [-0.39, 0.29) is 11.9 Å². The van der Waals surface area contributed by atoms with Crippen molar-refractivity contribution in [2.75, 3.05) is 19.7 Å². The van der Waals surface area contributed by atoms with Crippen LogP contribution in [0, 0.1) is 0 Å². The highest BCUT2D eigenvalue weighted by molar-refractivity contribution is 5.94. The standard InChI is InChI=1S/C17H26N2O2/c1-2-3-12-21-16-9-7-14(8-10-16)17(20)19-11-5-4-6-15(19)13-18/h7-10,15H,2-6,11-13,18H2,1H3. The van der Waals surface area contributed by atoms with E-state index >= 15 is 0 Å². The van der Waals surface area contributed by atoms with E-state index < -0.39 is 0 Å². The molecular formula is C17H26N2O2. The van der Waals surface area contributed by atoms with Crippen LogP contribution in [-0.4, -0.2) is 36.5 Å². The molecule has 1 aromatic rings. The van der Waals surface area contributed by atoms with E-state index in [0.29, 0.717) is 6.54 Å². The minimum atomic E-state index is 0.0882. The van der Waals surface area contributed by atoms with Crippen LogP contribution in [0.3, 0.4) is 0 Å². The maximum absolute atomic E-state index is 12.6. The first-order valence-corrected chi connectivity index (χ1v) is 8.00. The molecule has 1 unspecified atom stereocenters. The summed E-state index contributed by atoms with van der Waals surface area (Å²) in [6.07, 6.45) is 5.41. The summed E-state index contributed by atoms with van der Waals surface area (Å²) in [6, 6.07) is 7.65. The monoisotopic (exact) mass is 290 g/mol. The molecule has 21 heavy (non-hydrogen) atoms. The summed E-state index contributed by atoms with van der Waals surface area (Å²) < 4.78 is 5.62. The number of rotatable bonds is 6. The SMILES string of the molecule is CCCCOc1ccc(C(=O)N2CCCCC2CN)cc1. The highest BCUT2D eigenvalue weighted by Crippen LogP contribution is 2.20. The Labute approximate surface area is 127 Å². The normalized spacial score (nSPS) is 18.6. The van der Waals surface area contributed by atoms with Crippen LogP contribution in [-0.2, 0) is 0 Å². The smallest absolute Gasteiger partial charge is 0.254 e. The van der Waals surface area contributed by atoms with Crippen molar-refractivity contribution in [3.8, 4) is 5.75 Å². The van der Waals surface area contributed by atoms with Crippen molar-refractivity contribution in [2.24, 2.45) is 5.73 Å². The first kappa shape index (κ1) is 15.8. The summed E-state index contributed by atoms with van der Waals surface area (Å²) in [7, 11) is 0. The van der Waals surface area contributed by atoms with Gasteiger partial charge in [0.1, 0.15) is 5.75 Å². The largest absolute Gasteiger partial charge is 0.494 e. The number of ether oxygens (including phenoxy) is 1. The molecule has 0 bridgehead atoms. The number of hydrogen-bond donors (Lipinski definition) is 1. The molecule has 0 radical (unpaired) electrons. The van der Waals surface area contributed by atoms with Gasteiger partial charge in [-0.05, 0) is 49.9 Å². The van der Waals surface area contributed by atoms with Crippen LogP contribution in [0.1, 0.15) is 49.4 Å². The van der Waals surface area contributed by atoms with Crippen LogP contribution in [0.5, 0.6) is 5.75 Å². The predicted octanol–water partition coefficient (Wildman–Crippen LogP) is 2.82. The number of piperidine rings is 1. The quantitative estimate of drug-likeness (QED) is 0.820. The lowest BCUT2D eigenvalue weighted by Gasteiger charge is -2.35. The number of carbonyl (C=O) groups excluding carboxylic acids is 1. The van der Waals surface area contributed by atoms with Gasteiger partial charge in [-0.1, -0.05) is 13.3 Å². The van der Waals surface area contributed by atoms with Gasteiger partial charge in [0.05, 0.1) is 6.61 Å². The fourth-order valence-corrected chi connectivity index (χ4v) is 2.71. The van der Waals surface area contributed by atoms with Crippen molar-refractivity contribution in [2.45, 2.75) is 45.1 Å². The minimum Gasteiger partial charge on any atom is -0.494 e. The number of amides is 1. The molecular weight excluding hydrogens is 264 g/mol. The topological polar surface area (TPSA) is 55.6 Å². The second-order valence-electron chi connectivity index (χ2n) is 5.61. The van der Waals surface area contributed by atoms with Crippen LogP contribution in [0.4, 0.5) is 0 Å². The third kappa shape index (κ3) is 4.21. The lowest BCUT2D eigenvalue weighted by molar-refractivity contribution is 0.0623. The Morgan fingerprint density at radius 2 is 2.10 bits per heavy atom. The van der Waals surface area contributed by atoms with Crippen LogP contribution < -0.4 is 10.5 Å². The fraction of sp³-hybridized carbons (Fsp3) is 0.588. The van der Waals surface area contributed by atoms with Gasteiger partial charge in [-0.2, -0.15) is 0 Å². The zero-order valence-electron chi connectivity index (χ0n) is 12.9. The first-order chi connectivity index (χ1) is 10.3. The number of unbranched alkanes of at least 4 members (excludes halogenated alkanes) is 1. The summed E-state index contributed by atoms with van der Waals surface area (Å²) in [5.74, 6) is 0.916. The molecule has 1 saturated heterocycles. The maximum atomic E-state index is 12.6. The lowest BCUT2D eigenvalue weighted by Crippen LogP contribution is -2.47. The summed E-state index contributed by atoms with van der Waals surface area (Å²) >= 11 is 0. The number of nitrogens with two attached hydrogens (primary N) is 1. The third-order valence-corrected chi connectivity index (χ3v) is 4.03. The summed E-state index contributed by atoms with van der Waals surface area (Å²) in [4.78, 5) is 14.5. The zero-order valence-corrected chi connectivity index (χ0v) is 12.9. The predicted molar refractivity (Wildman–Crippen MR) is 84.6 cm³/mol. The van der Waals surface area contributed by atoms with E-state index in [1.165, 1.54) is 0 Å². The van der Waals surface area contributed by atoms with E-state index in [1.807, 2.05) is 29.2 Å². The number of hydrogen-bond acceptors (Lipinski definition) is 3. The summed E-state index contributed by atoms with van der Waals surface area (Å²) in [5, 5.41) is 0. The number of benzene rings is 1. The van der Waals surface area contributed by atoms with Gasteiger partial charge in [0.25, 0.3) is 5.91 Å². The molecule has 1 amide bonds. The molecule has 1 fully saturated rings. The van der Waals surface area contributed by atoms with Gasteiger partial charge >= 0.3 is 0 Å². The summed E-state index contributed by atoms with van der Waals surface area (Å²) in [6.45, 7) is 4.22. The Morgan fingerprint density at radius 3 is 2.76 bits per heavy atom. The van der Waals surface area contributed by atoms with Crippen molar-refractivity contribution in [1.29, 1.82) is 0 Å². The minimum absolute atomic E-state index is 0.0882. The molecule has 1 aromatic carbocycles. The fourth-order valence-electron chi connectivity index (χ4n) is 2.71. The Balaban J connectivity index is 1.98. The van der Waals surface area contributed by atoms with Gasteiger partial charge in [-0.25, -0.2) is 0 Å². The van der Waals surface area contributed by atoms with Crippen molar-refractivity contribution >= 4 is 5.91 Å². The molecule has 1 atom stereocenters. The number of likely N-dealkylation sites (tertiary alicyclic amines) is 1. The maximum Gasteiger partial charge on any atom is 0.254 e. The molecule has 4 heteroatoms. The molecule has 0 saturated carbocycles. The molecule has 4 nitrogen and oxygen atoms in total. The van der Waals surface area contributed by atoms with Crippen LogP contribution in [0.25, 0.3) is 0 Å². The average Bonchev–Trinajstić information content (AvgIpc) is 2.55. The molecule has 0 aromatic heterocycles. The van der Waals surface area contributed by atoms with Gasteiger partial charge in [0.15, 0.2) is 0 Å². The van der Waals surface area contributed by atoms with Crippen LogP contribution >= 0.6 is 0 Å². The van der Waals surface area contributed by atoms with Gasteiger partial charge < -0.3 is 15.4 Å². The van der Waals surface area contributed by atoms with E-state index in [9.17, 15) is 4.79 Å². The lowest BCUT2D eigenvalue weighted by atomic mass is 10.0. The zero-order chi connectivity index (χ0) is 15.1. The molecule has 0 aliphatic carbocycles. The van der Waals surface area contributed by atoms with Gasteiger partial charge in [-0.3, -0.25) is 4.79 Å². The Bertz CT molecular complexity index is 445. The average molecular weight is 290 g/mol. The molecule has 1 aliphatic heterocycles. The van der Waals surface area contributed by atoms with E-state index in [1.54, 1.807) is 0 Å². The van der Waals surface area contributed by atoms with Gasteiger partial charge in [-0.15, -0.1) is 0 Å². The summed E-state index contributed by atoms with van der Waals surface area (Å²) in [5.41, 5.74) is 6.51. The van der Waals surface area contributed by atoms with Gasteiger partial charge in [0.2, 0.25) is 0 Å². The second kappa shape index (κ2) is 8.03. The first-order valence-electron chi connectivity index (χ1n) is 8.00. The van der Waals surface area contributed by atoms with Crippen LogP contribution in [0.15, 0.2) is 24.3 Å². The molecule has 1 heterocycles. The molecule has 1 aliphatic rings. The molecule has 2 rings (SSSR count). The number of nitrogens with zero attached hydrogens (tertiary/aromatic N) is 1. The Morgan fingerprint density at radius 1 is 1.33 bits per heavy atom. The highest BCUT2D eigenvalue weighted by atomic mass is 16.5. The third-order valence-electron chi connectivity index (χ3n) is 4.03. The van der Waals surface area contributed by atoms with Gasteiger partial charge in [0, 0.05) is 24.7 Å². The highest BCUT2D eigenvalue weighted by Gasteiger charge is 2.26. The van der Waals surface area contributed by atoms with E-state index in [2.05, 4.69) is 6.92 Å². The van der Waals surface area contributed by atoms with Crippen molar-refractivity contribution in [3.05, 3.63) is 29.8 Å². The van der Waals surface area contributed by atoms with Crippen molar-refractivity contribution in [3.63, 3.8) is 0 Å². The number of carbonyl (C=O) groups is 1. The molecule has 0 spiro atoms. The second-order valence-corrected chi connectivity index (χ2v) is 5.61. The Kier molecular flexibility index (Phi) is 6.05. The van der Waals surface area contributed by atoms with E-state index in [4.69, 9.17) is 10.5 Å². The molecule has 2 N–H and O–H groups in total. The Hall–Kier alpha value is -1.55. The van der Waals surface area contributed by atoms with Crippen molar-refractivity contribution < 1.29 is 9.53 Å². The van der Waals surface area contributed by atoms with Crippen LogP contribution in [0.2, 0.25) is 0 Å². The van der Waals surface area contributed by atoms with E-state index in [0.717, 1.165) is 56.6 Å².